The summed E-state index contributed by atoms with van der Waals surface area (Å²) in [5, 5.41) is 26.9. The van der Waals surface area contributed by atoms with E-state index in [-0.39, 0.29) is 6.61 Å². The Kier molecular flexibility index (Phi) is 4.90. The van der Waals surface area contributed by atoms with Crippen molar-refractivity contribution in [2.24, 2.45) is 5.92 Å². The Morgan fingerprint density at radius 2 is 1.81 bits per heavy atom. The predicted molar refractivity (Wildman–Crippen MR) is 50.6 cm³/mol. The lowest BCUT2D eigenvalue weighted by Crippen LogP contribution is -2.50. The zero-order chi connectivity index (χ0) is 12.9. The second-order valence-corrected chi connectivity index (χ2v) is 3.27. The number of hydrogen-bond acceptors (Lipinski definition) is 5. The zero-order valence-electron chi connectivity index (χ0n) is 8.97. The molecule has 0 aromatic carbocycles. The molecule has 7 nitrogen and oxygen atoms in total. The third-order valence-corrected chi connectivity index (χ3v) is 2.15. The standard InChI is InChI=1S/C9H14O7/c1-3-16-7(12)5(2)9(15,8(13)14)4-6(10)11/h5,15H,3-4H2,1-2H3,(H,10,11)(H,13,14). The minimum atomic E-state index is -2.65. The van der Waals surface area contributed by atoms with Gasteiger partial charge in [0.05, 0.1) is 18.9 Å². The zero-order valence-corrected chi connectivity index (χ0v) is 8.97. The Bertz CT molecular complexity index is 298. The van der Waals surface area contributed by atoms with Gasteiger partial charge in [-0.3, -0.25) is 9.59 Å². The van der Waals surface area contributed by atoms with Crippen LogP contribution in [0, 0.1) is 5.92 Å². The van der Waals surface area contributed by atoms with Crippen molar-refractivity contribution >= 4 is 17.9 Å². The molecule has 2 unspecified atom stereocenters. The molecular weight excluding hydrogens is 220 g/mol. The van der Waals surface area contributed by atoms with Crippen LogP contribution in [-0.4, -0.2) is 45.4 Å². The van der Waals surface area contributed by atoms with Crippen molar-refractivity contribution in [3.8, 4) is 0 Å². The summed E-state index contributed by atoms with van der Waals surface area (Å²) in [6.45, 7) is 2.64. The minimum Gasteiger partial charge on any atom is -0.481 e. The SMILES string of the molecule is CCOC(=O)C(C)C(O)(CC(=O)O)C(=O)O. The molecule has 2 atom stereocenters. The molecule has 0 aromatic rings. The van der Waals surface area contributed by atoms with Crippen molar-refractivity contribution in [2.45, 2.75) is 25.9 Å². The van der Waals surface area contributed by atoms with Gasteiger partial charge in [0.2, 0.25) is 0 Å². The number of ether oxygens (including phenoxy) is 1. The fourth-order valence-electron chi connectivity index (χ4n) is 1.11. The number of carbonyl (C=O) groups excluding carboxylic acids is 1. The average molecular weight is 234 g/mol. The van der Waals surface area contributed by atoms with Crippen LogP contribution in [0.4, 0.5) is 0 Å². The fraction of sp³-hybridized carbons (Fsp3) is 0.667. The predicted octanol–water partition coefficient (Wildman–Crippen LogP) is -0.524. The van der Waals surface area contributed by atoms with Crippen LogP contribution in [0.3, 0.4) is 0 Å². The van der Waals surface area contributed by atoms with E-state index < -0.39 is 35.8 Å². The van der Waals surface area contributed by atoms with Crippen molar-refractivity contribution < 1.29 is 34.4 Å². The summed E-state index contributed by atoms with van der Waals surface area (Å²) in [6, 6.07) is 0. The van der Waals surface area contributed by atoms with Crippen LogP contribution in [0.2, 0.25) is 0 Å². The number of aliphatic hydroxyl groups is 1. The Hall–Kier alpha value is -1.63. The molecule has 3 N–H and O–H groups in total. The first-order chi connectivity index (χ1) is 7.25. The summed E-state index contributed by atoms with van der Waals surface area (Å²) in [4.78, 5) is 32.5. The van der Waals surface area contributed by atoms with Crippen molar-refractivity contribution in [3.63, 3.8) is 0 Å². The van der Waals surface area contributed by atoms with E-state index in [1.165, 1.54) is 6.92 Å². The molecule has 7 heteroatoms. The molecule has 0 rings (SSSR count). The topological polar surface area (TPSA) is 121 Å². The molecule has 0 fully saturated rings. The molecule has 16 heavy (non-hydrogen) atoms. The van der Waals surface area contributed by atoms with Gasteiger partial charge in [-0.2, -0.15) is 0 Å². The molecule has 0 aliphatic rings. The van der Waals surface area contributed by atoms with Crippen LogP contribution in [0.25, 0.3) is 0 Å². The highest BCUT2D eigenvalue weighted by Crippen LogP contribution is 2.23. The van der Waals surface area contributed by atoms with Crippen LogP contribution in [0.15, 0.2) is 0 Å². The monoisotopic (exact) mass is 234 g/mol. The van der Waals surface area contributed by atoms with Crippen molar-refractivity contribution in [1.82, 2.24) is 0 Å². The van der Waals surface area contributed by atoms with Crippen molar-refractivity contribution in [1.29, 1.82) is 0 Å². The van der Waals surface area contributed by atoms with Gasteiger partial charge in [-0.1, -0.05) is 0 Å². The van der Waals surface area contributed by atoms with Gasteiger partial charge >= 0.3 is 17.9 Å². The van der Waals surface area contributed by atoms with Gasteiger partial charge in [0.25, 0.3) is 0 Å². The second kappa shape index (κ2) is 5.45. The summed E-state index contributed by atoms with van der Waals surface area (Å²) in [5.41, 5.74) is -2.65. The lowest BCUT2D eigenvalue weighted by atomic mass is 9.86. The van der Waals surface area contributed by atoms with E-state index in [9.17, 15) is 19.5 Å². The van der Waals surface area contributed by atoms with E-state index in [2.05, 4.69) is 4.74 Å². The molecule has 0 bridgehead atoms. The first-order valence-corrected chi connectivity index (χ1v) is 4.59. The number of carboxylic acid groups (broad SMARTS) is 2. The summed E-state index contributed by atoms with van der Waals surface area (Å²) in [5.74, 6) is -5.69. The van der Waals surface area contributed by atoms with Gasteiger partial charge in [0.15, 0.2) is 5.60 Å². The highest BCUT2D eigenvalue weighted by molar-refractivity contribution is 5.89. The van der Waals surface area contributed by atoms with Gasteiger partial charge < -0.3 is 20.1 Å². The maximum absolute atomic E-state index is 11.2. The van der Waals surface area contributed by atoms with Crippen LogP contribution >= 0.6 is 0 Å². The molecule has 0 spiro atoms. The number of hydrogen-bond donors (Lipinski definition) is 3. The Labute approximate surface area is 91.6 Å². The van der Waals surface area contributed by atoms with Crippen LogP contribution in [0.1, 0.15) is 20.3 Å². The summed E-state index contributed by atoms with van der Waals surface area (Å²) < 4.78 is 4.53. The Balaban J connectivity index is 4.97. The van der Waals surface area contributed by atoms with E-state index in [0.717, 1.165) is 6.92 Å². The summed E-state index contributed by atoms with van der Waals surface area (Å²) in [7, 11) is 0. The Morgan fingerprint density at radius 3 is 2.12 bits per heavy atom. The lowest BCUT2D eigenvalue weighted by molar-refractivity contribution is -0.179. The van der Waals surface area contributed by atoms with Crippen LogP contribution in [-0.2, 0) is 19.1 Å². The third-order valence-electron chi connectivity index (χ3n) is 2.15. The number of carboxylic acids is 2. The second-order valence-electron chi connectivity index (χ2n) is 3.27. The molecule has 0 aromatic heterocycles. The van der Waals surface area contributed by atoms with Crippen molar-refractivity contribution in [3.05, 3.63) is 0 Å². The first-order valence-electron chi connectivity index (χ1n) is 4.59. The normalized spacial score (nSPS) is 15.9. The maximum atomic E-state index is 11.2. The van der Waals surface area contributed by atoms with Gasteiger partial charge in [0.1, 0.15) is 0 Å². The van der Waals surface area contributed by atoms with Gasteiger partial charge in [-0.15, -0.1) is 0 Å². The van der Waals surface area contributed by atoms with Gasteiger partial charge in [-0.05, 0) is 13.8 Å². The van der Waals surface area contributed by atoms with Crippen LogP contribution < -0.4 is 0 Å². The smallest absolute Gasteiger partial charge is 0.337 e. The minimum absolute atomic E-state index is 0.0198. The molecule has 0 aliphatic heterocycles. The first kappa shape index (κ1) is 14.4. The number of aliphatic carboxylic acids is 2. The highest BCUT2D eigenvalue weighted by atomic mass is 16.5. The van der Waals surface area contributed by atoms with E-state index in [4.69, 9.17) is 10.2 Å². The highest BCUT2D eigenvalue weighted by Gasteiger charge is 2.48. The van der Waals surface area contributed by atoms with E-state index in [0.29, 0.717) is 0 Å². The number of esters is 1. The fourth-order valence-corrected chi connectivity index (χ4v) is 1.11. The molecule has 0 heterocycles. The van der Waals surface area contributed by atoms with Crippen LogP contribution in [0.5, 0.6) is 0 Å². The Morgan fingerprint density at radius 1 is 1.31 bits per heavy atom. The van der Waals surface area contributed by atoms with E-state index in [1.807, 2.05) is 0 Å². The van der Waals surface area contributed by atoms with Gasteiger partial charge in [-0.25, -0.2) is 4.79 Å². The molecule has 92 valence electrons. The van der Waals surface area contributed by atoms with Gasteiger partial charge in [0, 0.05) is 0 Å². The van der Waals surface area contributed by atoms with Crippen molar-refractivity contribution in [2.75, 3.05) is 6.61 Å². The maximum Gasteiger partial charge on any atom is 0.337 e. The molecule has 0 saturated carbocycles. The average Bonchev–Trinajstić information content (AvgIpc) is 2.15. The largest absolute Gasteiger partial charge is 0.481 e. The van der Waals surface area contributed by atoms with E-state index >= 15 is 0 Å². The molecular formula is C9H14O7. The molecule has 0 radical (unpaired) electrons. The quantitative estimate of drug-likeness (QED) is 0.528. The lowest BCUT2D eigenvalue weighted by Gasteiger charge is -2.26. The molecule has 0 aliphatic carbocycles. The third kappa shape index (κ3) is 3.20. The van der Waals surface area contributed by atoms with E-state index in [1.54, 1.807) is 0 Å². The number of rotatable bonds is 6. The summed E-state index contributed by atoms with van der Waals surface area (Å²) in [6.07, 6.45) is -1.07. The summed E-state index contributed by atoms with van der Waals surface area (Å²) >= 11 is 0. The molecule has 0 amide bonds. The molecule has 0 saturated heterocycles. The number of carbonyl (C=O) groups is 3.